The van der Waals surface area contributed by atoms with Crippen LogP contribution >= 0.6 is 43.2 Å². The van der Waals surface area contributed by atoms with Gasteiger partial charge in [0.15, 0.2) is 0 Å². The molecule has 0 fully saturated rings. The second kappa shape index (κ2) is 5.46. The van der Waals surface area contributed by atoms with E-state index in [-0.39, 0.29) is 5.78 Å². The Morgan fingerprint density at radius 3 is 2.35 bits per heavy atom. The number of benzene rings is 1. The molecule has 1 aromatic carbocycles. The molecule has 17 heavy (non-hydrogen) atoms. The van der Waals surface area contributed by atoms with Crippen molar-refractivity contribution in [2.24, 2.45) is 0 Å². The Hall–Kier alpha value is -0.450. The zero-order chi connectivity index (χ0) is 12.4. The van der Waals surface area contributed by atoms with Crippen LogP contribution < -0.4 is 0 Å². The number of carbonyl (C=O) groups excluding carboxylic acids is 1. The molecule has 0 aliphatic carbocycles. The summed E-state index contributed by atoms with van der Waals surface area (Å²) in [7, 11) is 0. The largest absolute Gasteiger partial charge is 0.288 e. The summed E-state index contributed by atoms with van der Waals surface area (Å²) in [4.78, 5) is 14.3. The van der Waals surface area contributed by atoms with Gasteiger partial charge in [-0.15, -0.1) is 11.3 Å². The van der Waals surface area contributed by atoms with E-state index >= 15 is 0 Å². The van der Waals surface area contributed by atoms with Crippen LogP contribution in [-0.4, -0.2) is 5.78 Å². The average Bonchev–Trinajstić information content (AvgIpc) is 2.75. The average molecular weight is 374 g/mol. The fraction of sp³-hybridized carbons (Fsp3) is 0.154. The molecule has 0 aliphatic rings. The lowest BCUT2D eigenvalue weighted by Crippen LogP contribution is -1.98. The minimum atomic E-state index is 0.0803. The summed E-state index contributed by atoms with van der Waals surface area (Å²) in [5.41, 5.74) is 0.704. The molecule has 88 valence electrons. The van der Waals surface area contributed by atoms with Crippen LogP contribution in [0.25, 0.3) is 0 Å². The zero-order valence-corrected chi connectivity index (χ0v) is 13.2. The molecule has 0 amide bonds. The van der Waals surface area contributed by atoms with E-state index in [1.807, 2.05) is 30.3 Å². The Morgan fingerprint density at radius 2 is 1.82 bits per heavy atom. The van der Waals surface area contributed by atoms with E-state index in [1.54, 1.807) is 11.3 Å². The van der Waals surface area contributed by atoms with Crippen molar-refractivity contribution >= 4 is 49.0 Å². The maximum absolute atomic E-state index is 12.2. The Morgan fingerprint density at radius 1 is 1.18 bits per heavy atom. The smallest absolute Gasteiger partial charge is 0.203 e. The van der Waals surface area contributed by atoms with Gasteiger partial charge in [-0.3, -0.25) is 4.79 Å². The third-order valence-corrected chi connectivity index (χ3v) is 4.50. The highest BCUT2D eigenvalue weighted by Crippen LogP contribution is 2.25. The molecule has 2 rings (SSSR count). The predicted octanol–water partition coefficient (Wildman–Crippen LogP) is 5.07. The van der Waals surface area contributed by atoms with E-state index < -0.39 is 0 Å². The number of ketones is 1. The number of halogens is 2. The standard InChI is InChI=1S/C13H10Br2OS/c1-2-11-3-4-12(17-11)13(16)8-5-9(14)7-10(15)6-8/h3-7H,2H2,1H3. The number of hydrogen-bond acceptors (Lipinski definition) is 2. The van der Waals surface area contributed by atoms with Crippen LogP contribution in [-0.2, 0) is 6.42 Å². The molecule has 0 bridgehead atoms. The first-order valence-electron chi connectivity index (χ1n) is 5.19. The lowest BCUT2D eigenvalue weighted by molar-refractivity contribution is 0.104. The number of rotatable bonds is 3. The molecule has 0 saturated heterocycles. The van der Waals surface area contributed by atoms with Gasteiger partial charge in [-0.05, 0) is 36.8 Å². The van der Waals surface area contributed by atoms with Crippen LogP contribution in [0.5, 0.6) is 0 Å². The van der Waals surface area contributed by atoms with Crippen molar-refractivity contribution in [2.45, 2.75) is 13.3 Å². The van der Waals surface area contributed by atoms with Crippen molar-refractivity contribution in [2.75, 3.05) is 0 Å². The van der Waals surface area contributed by atoms with E-state index in [0.717, 1.165) is 20.2 Å². The number of hydrogen-bond donors (Lipinski definition) is 0. The summed E-state index contributed by atoms with van der Waals surface area (Å²) in [5, 5.41) is 0. The van der Waals surface area contributed by atoms with Gasteiger partial charge in [0, 0.05) is 19.4 Å². The fourth-order valence-corrected chi connectivity index (χ4v) is 3.72. The molecule has 0 aliphatic heterocycles. The number of carbonyl (C=O) groups is 1. The second-order valence-electron chi connectivity index (χ2n) is 3.61. The third-order valence-electron chi connectivity index (χ3n) is 2.36. The molecule has 1 heterocycles. The van der Waals surface area contributed by atoms with Gasteiger partial charge in [-0.25, -0.2) is 0 Å². The molecule has 1 aromatic heterocycles. The molecule has 0 radical (unpaired) electrons. The van der Waals surface area contributed by atoms with Gasteiger partial charge < -0.3 is 0 Å². The molecule has 0 atom stereocenters. The minimum Gasteiger partial charge on any atom is -0.288 e. The molecule has 0 spiro atoms. The van der Waals surface area contributed by atoms with E-state index in [0.29, 0.717) is 5.56 Å². The molecule has 2 aromatic rings. The monoisotopic (exact) mass is 372 g/mol. The maximum atomic E-state index is 12.2. The molecular weight excluding hydrogens is 364 g/mol. The van der Waals surface area contributed by atoms with Crippen molar-refractivity contribution in [3.63, 3.8) is 0 Å². The molecular formula is C13H10Br2OS. The Balaban J connectivity index is 2.36. The minimum absolute atomic E-state index is 0.0803. The first-order valence-corrected chi connectivity index (χ1v) is 7.60. The third kappa shape index (κ3) is 3.06. The highest BCUT2D eigenvalue weighted by molar-refractivity contribution is 9.11. The highest BCUT2D eigenvalue weighted by atomic mass is 79.9. The Labute approximate surface area is 121 Å². The summed E-state index contributed by atoms with van der Waals surface area (Å²) in [5.74, 6) is 0.0803. The SMILES string of the molecule is CCc1ccc(C(=O)c2cc(Br)cc(Br)c2)s1. The molecule has 0 N–H and O–H groups in total. The lowest BCUT2D eigenvalue weighted by Gasteiger charge is -2.00. The van der Waals surface area contributed by atoms with Crippen LogP contribution in [0.2, 0.25) is 0 Å². The van der Waals surface area contributed by atoms with E-state index in [4.69, 9.17) is 0 Å². The van der Waals surface area contributed by atoms with Crippen LogP contribution in [0.4, 0.5) is 0 Å². The first kappa shape index (κ1) is 13.0. The zero-order valence-electron chi connectivity index (χ0n) is 9.17. The van der Waals surface area contributed by atoms with Crippen molar-refractivity contribution < 1.29 is 4.79 Å². The maximum Gasteiger partial charge on any atom is 0.203 e. The van der Waals surface area contributed by atoms with Crippen LogP contribution in [0.3, 0.4) is 0 Å². The predicted molar refractivity (Wildman–Crippen MR) is 79.0 cm³/mol. The van der Waals surface area contributed by atoms with Gasteiger partial charge in [-0.1, -0.05) is 38.8 Å². The molecule has 4 heteroatoms. The summed E-state index contributed by atoms with van der Waals surface area (Å²) < 4.78 is 1.81. The summed E-state index contributed by atoms with van der Waals surface area (Å²) in [6.45, 7) is 2.09. The first-order chi connectivity index (χ1) is 8.10. The van der Waals surface area contributed by atoms with Crippen LogP contribution in [0, 0.1) is 0 Å². The van der Waals surface area contributed by atoms with Gasteiger partial charge in [0.1, 0.15) is 0 Å². The van der Waals surface area contributed by atoms with E-state index in [1.165, 1.54) is 4.88 Å². The summed E-state index contributed by atoms with van der Waals surface area (Å²) in [6, 6.07) is 9.53. The van der Waals surface area contributed by atoms with Gasteiger partial charge in [0.05, 0.1) is 4.88 Å². The van der Waals surface area contributed by atoms with Crippen molar-refractivity contribution in [3.05, 3.63) is 54.6 Å². The quantitative estimate of drug-likeness (QED) is 0.686. The molecule has 0 unspecified atom stereocenters. The highest BCUT2D eigenvalue weighted by Gasteiger charge is 2.12. The van der Waals surface area contributed by atoms with Gasteiger partial charge in [0.25, 0.3) is 0 Å². The van der Waals surface area contributed by atoms with Crippen LogP contribution in [0.1, 0.15) is 27.0 Å². The van der Waals surface area contributed by atoms with Crippen molar-refractivity contribution in [1.82, 2.24) is 0 Å². The van der Waals surface area contributed by atoms with Crippen LogP contribution in [0.15, 0.2) is 39.3 Å². The number of aryl methyl sites for hydroxylation is 1. The van der Waals surface area contributed by atoms with Gasteiger partial charge in [0.2, 0.25) is 5.78 Å². The van der Waals surface area contributed by atoms with E-state index in [9.17, 15) is 4.79 Å². The number of thiophene rings is 1. The molecule has 0 saturated carbocycles. The normalized spacial score (nSPS) is 10.5. The summed E-state index contributed by atoms with van der Waals surface area (Å²) in [6.07, 6.45) is 0.972. The van der Waals surface area contributed by atoms with Gasteiger partial charge in [-0.2, -0.15) is 0 Å². The lowest BCUT2D eigenvalue weighted by atomic mass is 10.1. The Kier molecular flexibility index (Phi) is 4.17. The fourth-order valence-electron chi connectivity index (χ4n) is 1.52. The topological polar surface area (TPSA) is 17.1 Å². The second-order valence-corrected chi connectivity index (χ2v) is 6.61. The van der Waals surface area contributed by atoms with Gasteiger partial charge >= 0.3 is 0 Å². The van der Waals surface area contributed by atoms with E-state index in [2.05, 4.69) is 38.8 Å². The summed E-state index contributed by atoms with van der Waals surface area (Å²) >= 11 is 8.36. The molecule has 1 nitrogen and oxygen atoms in total. The Bertz CT molecular complexity index is 540. The van der Waals surface area contributed by atoms with Crippen molar-refractivity contribution in [1.29, 1.82) is 0 Å². The van der Waals surface area contributed by atoms with Crippen molar-refractivity contribution in [3.8, 4) is 0 Å².